The Labute approximate surface area is 147 Å². The quantitative estimate of drug-likeness (QED) is 0.920. The molecule has 1 N–H and O–H groups in total. The first-order chi connectivity index (χ1) is 11.5. The molecule has 1 atom stereocenters. The molecule has 2 amide bonds. The second kappa shape index (κ2) is 7.26. The van der Waals surface area contributed by atoms with Gasteiger partial charge < -0.3 is 14.8 Å². The molecule has 5 nitrogen and oxygen atoms in total. The molecule has 0 radical (unpaired) electrons. The van der Waals surface area contributed by atoms with Crippen LogP contribution in [0.1, 0.15) is 43.1 Å². The highest BCUT2D eigenvalue weighted by atomic mass is 35.5. The summed E-state index contributed by atoms with van der Waals surface area (Å²) in [6.45, 7) is 3.51. The van der Waals surface area contributed by atoms with E-state index in [-0.39, 0.29) is 12.1 Å². The van der Waals surface area contributed by atoms with Gasteiger partial charge >= 0.3 is 6.03 Å². The summed E-state index contributed by atoms with van der Waals surface area (Å²) in [5.74, 6) is 1.55. The van der Waals surface area contributed by atoms with Gasteiger partial charge in [0.2, 0.25) is 0 Å². The molecular weight excluding hydrogens is 324 g/mol. The lowest BCUT2D eigenvalue weighted by molar-refractivity contribution is 0.177. The normalized spacial score (nSPS) is 16.9. The first-order valence-electron chi connectivity index (χ1n) is 8.32. The lowest BCUT2D eigenvalue weighted by Gasteiger charge is -2.32. The largest absolute Gasteiger partial charge is 0.338 e. The highest BCUT2D eigenvalue weighted by Crippen LogP contribution is 2.26. The van der Waals surface area contributed by atoms with E-state index in [4.69, 9.17) is 11.6 Å². The first kappa shape index (κ1) is 16.8. The maximum Gasteiger partial charge on any atom is 0.317 e. The Balaban J connectivity index is 1.53. The molecule has 0 saturated carbocycles. The molecule has 24 heavy (non-hydrogen) atoms. The van der Waals surface area contributed by atoms with Gasteiger partial charge in [-0.2, -0.15) is 0 Å². The molecule has 1 aliphatic heterocycles. The summed E-state index contributed by atoms with van der Waals surface area (Å²) < 4.78 is 2.07. The van der Waals surface area contributed by atoms with Crippen molar-refractivity contribution < 1.29 is 4.79 Å². The van der Waals surface area contributed by atoms with Crippen molar-refractivity contribution in [3.8, 4) is 0 Å². The van der Waals surface area contributed by atoms with Crippen LogP contribution in [0.15, 0.2) is 36.7 Å². The Morgan fingerprint density at radius 1 is 1.29 bits per heavy atom. The summed E-state index contributed by atoms with van der Waals surface area (Å²) >= 11 is 5.91. The lowest BCUT2D eigenvalue weighted by Crippen LogP contribution is -2.45. The third kappa shape index (κ3) is 3.73. The number of benzene rings is 1. The van der Waals surface area contributed by atoms with Crippen LogP contribution in [0.2, 0.25) is 5.02 Å². The topological polar surface area (TPSA) is 50.2 Å². The number of imidazole rings is 1. The molecule has 0 unspecified atom stereocenters. The SMILES string of the molecule is C[C@@H](NC(=O)N1CCC(c2nccn2C)CC1)c1ccc(Cl)cc1. The zero-order valence-corrected chi connectivity index (χ0v) is 14.8. The van der Waals surface area contributed by atoms with Gasteiger partial charge in [0.15, 0.2) is 0 Å². The van der Waals surface area contributed by atoms with E-state index in [0.29, 0.717) is 10.9 Å². The number of halogens is 1. The van der Waals surface area contributed by atoms with E-state index in [0.717, 1.165) is 37.3 Å². The fraction of sp³-hybridized carbons (Fsp3) is 0.444. The van der Waals surface area contributed by atoms with E-state index in [9.17, 15) is 4.79 Å². The number of urea groups is 1. The van der Waals surface area contributed by atoms with Gasteiger partial charge in [-0.1, -0.05) is 23.7 Å². The molecule has 0 bridgehead atoms. The Hall–Kier alpha value is -2.01. The van der Waals surface area contributed by atoms with Crippen LogP contribution in [0.3, 0.4) is 0 Å². The van der Waals surface area contributed by atoms with Crippen LogP contribution in [0, 0.1) is 0 Å². The van der Waals surface area contributed by atoms with Crippen molar-refractivity contribution in [3.05, 3.63) is 53.1 Å². The molecule has 2 aromatic rings. The highest BCUT2D eigenvalue weighted by molar-refractivity contribution is 6.30. The minimum absolute atomic E-state index is 0.00394. The third-order valence-corrected chi connectivity index (χ3v) is 4.97. The number of aromatic nitrogens is 2. The number of amides is 2. The number of hydrogen-bond donors (Lipinski definition) is 1. The second-order valence-electron chi connectivity index (χ2n) is 6.38. The van der Waals surface area contributed by atoms with Gasteiger partial charge in [0.1, 0.15) is 5.82 Å². The summed E-state index contributed by atoms with van der Waals surface area (Å²) in [4.78, 5) is 18.8. The molecule has 0 spiro atoms. The van der Waals surface area contributed by atoms with Crippen molar-refractivity contribution in [2.75, 3.05) is 13.1 Å². The molecule has 2 heterocycles. The predicted molar refractivity (Wildman–Crippen MR) is 95.2 cm³/mol. The van der Waals surface area contributed by atoms with Gasteiger partial charge in [-0.3, -0.25) is 0 Å². The second-order valence-corrected chi connectivity index (χ2v) is 6.82. The molecule has 0 aliphatic carbocycles. The highest BCUT2D eigenvalue weighted by Gasteiger charge is 2.26. The molecule has 6 heteroatoms. The zero-order chi connectivity index (χ0) is 17.1. The van der Waals surface area contributed by atoms with Crippen LogP contribution in [0.5, 0.6) is 0 Å². The monoisotopic (exact) mass is 346 g/mol. The molecule has 128 valence electrons. The lowest BCUT2D eigenvalue weighted by atomic mass is 9.96. The zero-order valence-electron chi connectivity index (χ0n) is 14.1. The standard InChI is InChI=1S/C18H23ClN4O/c1-13(14-3-5-16(19)6-4-14)21-18(24)23-10-7-15(8-11-23)17-20-9-12-22(17)2/h3-6,9,12-13,15H,7-8,10-11H2,1-2H3,(H,21,24)/t13-/m1/s1. The third-order valence-electron chi connectivity index (χ3n) is 4.72. The number of carbonyl (C=O) groups is 1. The van der Waals surface area contributed by atoms with Crippen molar-refractivity contribution in [3.63, 3.8) is 0 Å². The number of aryl methyl sites for hydroxylation is 1. The molecule has 1 saturated heterocycles. The number of carbonyl (C=O) groups excluding carboxylic acids is 1. The maximum absolute atomic E-state index is 12.5. The minimum Gasteiger partial charge on any atom is -0.338 e. The Kier molecular flexibility index (Phi) is 5.09. The minimum atomic E-state index is -0.0398. The Morgan fingerprint density at radius 3 is 2.54 bits per heavy atom. The molecule has 3 rings (SSSR count). The van der Waals surface area contributed by atoms with Gasteiger partial charge in [-0.15, -0.1) is 0 Å². The van der Waals surface area contributed by atoms with Crippen LogP contribution in [-0.2, 0) is 7.05 Å². The summed E-state index contributed by atoms with van der Waals surface area (Å²) in [6, 6.07) is 7.54. The first-order valence-corrected chi connectivity index (χ1v) is 8.70. The average Bonchev–Trinajstić information content (AvgIpc) is 3.01. The van der Waals surface area contributed by atoms with Crippen molar-refractivity contribution >= 4 is 17.6 Å². The number of piperidine rings is 1. The maximum atomic E-state index is 12.5. The number of likely N-dealkylation sites (tertiary alicyclic amines) is 1. The smallest absolute Gasteiger partial charge is 0.317 e. The van der Waals surface area contributed by atoms with E-state index in [2.05, 4.69) is 14.9 Å². The summed E-state index contributed by atoms with van der Waals surface area (Å²) in [7, 11) is 2.02. The summed E-state index contributed by atoms with van der Waals surface area (Å²) in [6.07, 6.45) is 5.71. The van der Waals surface area contributed by atoms with Crippen LogP contribution in [0.25, 0.3) is 0 Å². The molecular formula is C18H23ClN4O. The van der Waals surface area contributed by atoms with Gasteiger partial charge in [0.25, 0.3) is 0 Å². The van der Waals surface area contributed by atoms with Crippen LogP contribution < -0.4 is 5.32 Å². The van der Waals surface area contributed by atoms with Gasteiger partial charge in [0.05, 0.1) is 6.04 Å². The van der Waals surface area contributed by atoms with Gasteiger partial charge in [-0.05, 0) is 37.5 Å². The number of rotatable bonds is 3. The van der Waals surface area contributed by atoms with E-state index < -0.39 is 0 Å². The van der Waals surface area contributed by atoms with Crippen molar-refractivity contribution in [1.29, 1.82) is 0 Å². The van der Waals surface area contributed by atoms with E-state index in [1.165, 1.54) is 0 Å². The predicted octanol–water partition coefficient (Wildman–Crippen LogP) is 3.72. The summed E-state index contributed by atoms with van der Waals surface area (Å²) in [5.41, 5.74) is 1.05. The van der Waals surface area contributed by atoms with Crippen LogP contribution in [0.4, 0.5) is 4.79 Å². The Bertz CT molecular complexity index is 689. The number of hydrogen-bond acceptors (Lipinski definition) is 2. The molecule has 1 aliphatic rings. The van der Waals surface area contributed by atoms with Crippen LogP contribution in [-0.4, -0.2) is 33.6 Å². The van der Waals surface area contributed by atoms with E-state index in [1.54, 1.807) is 0 Å². The van der Waals surface area contributed by atoms with Gasteiger partial charge in [0, 0.05) is 43.5 Å². The van der Waals surface area contributed by atoms with Crippen molar-refractivity contribution in [2.45, 2.75) is 31.7 Å². The Morgan fingerprint density at radius 2 is 1.96 bits per heavy atom. The molecule has 1 fully saturated rings. The van der Waals surface area contributed by atoms with Crippen molar-refractivity contribution in [1.82, 2.24) is 19.8 Å². The summed E-state index contributed by atoms with van der Waals surface area (Å²) in [5, 5.41) is 3.77. The average molecular weight is 347 g/mol. The van der Waals surface area contributed by atoms with E-state index in [1.807, 2.05) is 55.5 Å². The molecule has 1 aromatic carbocycles. The van der Waals surface area contributed by atoms with E-state index >= 15 is 0 Å². The van der Waals surface area contributed by atoms with Crippen molar-refractivity contribution in [2.24, 2.45) is 7.05 Å². The van der Waals surface area contributed by atoms with Crippen LogP contribution >= 0.6 is 11.6 Å². The fourth-order valence-corrected chi connectivity index (χ4v) is 3.35. The van der Waals surface area contributed by atoms with Gasteiger partial charge in [-0.25, -0.2) is 9.78 Å². The number of nitrogens with one attached hydrogen (secondary N) is 1. The molecule has 1 aromatic heterocycles. The fourth-order valence-electron chi connectivity index (χ4n) is 3.22. The number of nitrogens with zero attached hydrogens (tertiary/aromatic N) is 3.